The Hall–Kier alpha value is -2.83. The standard InChI is InChI=1S/C18H20FN3O3/c1-13-14(6-11-25-13)18(24)20-12-17(23)22-9-7-21(8-10-22)16-5-3-2-4-15(16)19/h2-6,11H,7-10,12H2,1H3,(H,20,24). The number of aryl methyl sites for hydroxylation is 1. The number of rotatable bonds is 4. The van der Waals surface area contributed by atoms with Crippen molar-refractivity contribution in [3.05, 3.63) is 53.7 Å². The van der Waals surface area contributed by atoms with Crippen LogP contribution in [-0.4, -0.2) is 49.4 Å². The van der Waals surface area contributed by atoms with E-state index >= 15 is 0 Å². The minimum atomic E-state index is -0.329. The van der Waals surface area contributed by atoms with Gasteiger partial charge in [0.15, 0.2) is 0 Å². The number of halogens is 1. The Bertz CT molecular complexity index is 766. The highest BCUT2D eigenvalue weighted by molar-refractivity contribution is 5.97. The Labute approximate surface area is 145 Å². The van der Waals surface area contributed by atoms with Gasteiger partial charge in [-0.05, 0) is 25.1 Å². The predicted molar refractivity (Wildman–Crippen MR) is 91.0 cm³/mol. The van der Waals surface area contributed by atoms with Gasteiger partial charge in [-0.1, -0.05) is 12.1 Å². The molecule has 1 N–H and O–H groups in total. The molecule has 1 aromatic carbocycles. The minimum absolute atomic E-state index is 0.0663. The van der Waals surface area contributed by atoms with E-state index in [0.29, 0.717) is 43.2 Å². The summed E-state index contributed by atoms with van der Waals surface area (Å²) >= 11 is 0. The van der Waals surface area contributed by atoms with Gasteiger partial charge in [0, 0.05) is 26.2 Å². The van der Waals surface area contributed by atoms with E-state index in [1.54, 1.807) is 36.1 Å². The third kappa shape index (κ3) is 3.81. The third-order valence-electron chi connectivity index (χ3n) is 4.33. The number of para-hydroxylation sites is 1. The molecule has 6 nitrogen and oxygen atoms in total. The first-order chi connectivity index (χ1) is 12.1. The van der Waals surface area contributed by atoms with Gasteiger partial charge in [0.25, 0.3) is 5.91 Å². The second kappa shape index (κ2) is 7.38. The summed E-state index contributed by atoms with van der Waals surface area (Å²) in [6, 6.07) is 8.19. The van der Waals surface area contributed by atoms with Crippen LogP contribution in [0, 0.1) is 12.7 Å². The number of anilines is 1. The van der Waals surface area contributed by atoms with Crippen molar-refractivity contribution >= 4 is 17.5 Å². The number of benzene rings is 1. The molecule has 25 heavy (non-hydrogen) atoms. The highest BCUT2D eigenvalue weighted by Gasteiger charge is 2.23. The number of hydrogen-bond acceptors (Lipinski definition) is 4. The van der Waals surface area contributed by atoms with Crippen molar-refractivity contribution in [1.29, 1.82) is 0 Å². The van der Waals surface area contributed by atoms with Crippen molar-refractivity contribution in [2.45, 2.75) is 6.92 Å². The van der Waals surface area contributed by atoms with Gasteiger partial charge in [0.05, 0.1) is 24.1 Å². The molecule has 132 valence electrons. The maximum atomic E-state index is 13.8. The zero-order chi connectivity index (χ0) is 17.8. The minimum Gasteiger partial charge on any atom is -0.469 e. The molecular formula is C18H20FN3O3. The molecule has 1 fully saturated rings. The fourth-order valence-corrected chi connectivity index (χ4v) is 2.89. The fourth-order valence-electron chi connectivity index (χ4n) is 2.89. The van der Waals surface area contributed by atoms with Gasteiger partial charge >= 0.3 is 0 Å². The highest BCUT2D eigenvalue weighted by Crippen LogP contribution is 2.20. The van der Waals surface area contributed by atoms with Crippen LogP contribution in [-0.2, 0) is 4.79 Å². The van der Waals surface area contributed by atoms with E-state index in [9.17, 15) is 14.0 Å². The lowest BCUT2D eigenvalue weighted by molar-refractivity contribution is -0.130. The van der Waals surface area contributed by atoms with Crippen LogP contribution in [0.15, 0.2) is 41.0 Å². The molecule has 0 aliphatic carbocycles. The first-order valence-corrected chi connectivity index (χ1v) is 8.16. The number of carbonyl (C=O) groups excluding carboxylic acids is 2. The Morgan fingerprint density at radius 2 is 1.88 bits per heavy atom. The average Bonchev–Trinajstić information content (AvgIpc) is 3.06. The van der Waals surface area contributed by atoms with Gasteiger partial charge in [-0.3, -0.25) is 9.59 Å². The molecule has 1 aliphatic rings. The van der Waals surface area contributed by atoms with Gasteiger partial charge in [0.2, 0.25) is 5.91 Å². The van der Waals surface area contributed by atoms with Crippen LogP contribution < -0.4 is 10.2 Å². The van der Waals surface area contributed by atoms with Crippen LogP contribution in [0.4, 0.5) is 10.1 Å². The summed E-state index contributed by atoms with van der Waals surface area (Å²) in [7, 11) is 0. The number of furan rings is 1. The van der Waals surface area contributed by atoms with E-state index in [2.05, 4.69) is 5.32 Å². The number of nitrogens with one attached hydrogen (secondary N) is 1. The van der Waals surface area contributed by atoms with Gasteiger partial charge in [-0.25, -0.2) is 4.39 Å². The third-order valence-corrected chi connectivity index (χ3v) is 4.33. The second-order valence-electron chi connectivity index (χ2n) is 5.89. The molecular weight excluding hydrogens is 325 g/mol. The topological polar surface area (TPSA) is 65.8 Å². The SMILES string of the molecule is Cc1occc1C(=O)NCC(=O)N1CCN(c2ccccc2F)CC1. The van der Waals surface area contributed by atoms with Crippen molar-refractivity contribution in [3.63, 3.8) is 0 Å². The molecule has 1 saturated heterocycles. The number of carbonyl (C=O) groups is 2. The summed E-state index contributed by atoms with van der Waals surface area (Å²) in [6.07, 6.45) is 1.44. The van der Waals surface area contributed by atoms with E-state index in [4.69, 9.17) is 4.42 Å². The number of amides is 2. The van der Waals surface area contributed by atoms with Crippen molar-refractivity contribution < 1.29 is 18.4 Å². The molecule has 7 heteroatoms. The Balaban J connectivity index is 1.49. The molecule has 0 saturated carbocycles. The predicted octanol–water partition coefficient (Wildman–Crippen LogP) is 1.81. The van der Waals surface area contributed by atoms with Crippen LogP contribution in [0.1, 0.15) is 16.1 Å². The molecule has 0 spiro atoms. The summed E-state index contributed by atoms with van der Waals surface area (Å²) in [5.41, 5.74) is 0.982. The summed E-state index contributed by atoms with van der Waals surface area (Å²) in [4.78, 5) is 27.9. The van der Waals surface area contributed by atoms with Crippen LogP contribution in [0.3, 0.4) is 0 Å². The summed E-state index contributed by atoms with van der Waals surface area (Å²) in [5, 5.41) is 2.61. The van der Waals surface area contributed by atoms with E-state index in [1.165, 1.54) is 12.3 Å². The van der Waals surface area contributed by atoms with Crippen LogP contribution in [0.25, 0.3) is 0 Å². The van der Waals surface area contributed by atoms with Gasteiger partial charge in [-0.2, -0.15) is 0 Å². The maximum absolute atomic E-state index is 13.8. The van der Waals surface area contributed by atoms with Crippen molar-refractivity contribution in [3.8, 4) is 0 Å². The lowest BCUT2D eigenvalue weighted by Crippen LogP contribution is -2.51. The molecule has 0 radical (unpaired) electrons. The highest BCUT2D eigenvalue weighted by atomic mass is 19.1. The molecule has 2 heterocycles. The van der Waals surface area contributed by atoms with E-state index in [-0.39, 0.29) is 24.2 Å². The Morgan fingerprint density at radius 1 is 1.16 bits per heavy atom. The van der Waals surface area contributed by atoms with Crippen molar-refractivity contribution in [2.75, 3.05) is 37.6 Å². The number of nitrogens with zero attached hydrogens (tertiary/aromatic N) is 2. The van der Waals surface area contributed by atoms with Crippen LogP contribution in [0.5, 0.6) is 0 Å². The van der Waals surface area contributed by atoms with Crippen LogP contribution in [0.2, 0.25) is 0 Å². The van der Waals surface area contributed by atoms with E-state index in [0.717, 1.165) is 0 Å². The molecule has 2 amide bonds. The molecule has 3 rings (SSSR count). The first-order valence-electron chi connectivity index (χ1n) is 8.16. The molecule has 0 unspecified atom stereocenters. The van der Waals surface area contributed by atoms with Crippen molar-refractivity contribution in [1.82, 2.24) is 10.2 Å². The molecule has 0 atom stereocenters. The smallest absolute Gasteiger partial charge is 0.255 e. The molecule has 0 bridgehead atoms. The largest absolute Gasteiger partial charge is 0.469 e. The van der Waals surface area contributed by atoms with Crippen LogP contribution >= 0.6 is 0 Å². The van der Waals surface area contributed by atoms with Gasteiger partial charge < -0.3 is 19.5 Å². The molecule has 1 aromatic heterocycles. The summed E-state index contributed by atoms with van der Waals surface area (Å²) < 4.78 is 18.9. The Morgan fingerprint density at radius 3 is 2.52 bits per heavy atom. The summed E-state index contributed by atoms with van der Waals surface area (Å²) in [6.45, 7) is 3.73. The fraction of sp³-hybridized carbons (Fsp3) is 0.333. The van der Waals surface area contributed by atoms with E-state index < -0.39 is 0 Å². The Kier molecular flexibility index (Phi) is 5.02. The molecule has 1 aliphatic heterocycles. The summed E-state index contributed by atoms with van der Waals surface area (Å²) in [5.74, 6) is -0.222. The monoisotopic (exact) mass is 345 g/mol. The van der Waals surface area contributed by atoms with Gasteiger partial charge in [0.1, 0.15) is 11.6 Å². The second-order valence-corrected chi connectivity index (χ2v) is 5.89. The first kappa shape index (κ1) is 17.0. The van der Waals surface area contributed by atoms with Crippen molar-refractivity contribution in [2.24, 2.45) is 0 Å². The quantitative estimate of drug-likeness (QED) is 0.918. The zero-order valence-corrected chi connectivity index (χ0v) is 14.0. The number of piperazine rings is 1. The molecule has 2 aromatic rings. The lowest BCUT2D eigenvalue weighted by Gasteiger charge is -2.36. The zero-order valence-electron chi connectivity index (χ0n) is 14.0. The van der Waals surface area contributed by atoms with Gasteiger partial charge in [-0.15, -0.1) is 0 Å². The number of hydrogen-bond donors (Lipinski definition) is 1. The normalized spacial score (nSPS) is 14.5. The maximum Gasteiger partial charge on any atom is 0.255 e. The average molecular weight is 345 g/mol. The lowest BCUT2D eigenvalue weighted by atomic mass is 10.2. The van der Waals surface area contributed by atoms with E-state index in [1.807, 2.05) is 4.90 Å².